The summed E-state index contributed by atoms with van der Waals surface area (Å²) < 4.78 is 0. The van der Waals surface area contributed by atoms with Gasteiger partial charge < -0.3 is 5.32 Å². The van der Waals surface area contributed by atoms with E-state index >= 15 is 0 Å². The predicted octanol–water partition coefficient (Wildman–Crippen LogP) is 2.65. The first-order chi connectivity index (χ1) is 9.69. The number of nitrogens with zero attached hydrogens (tertiary/aromatic N) is 3. The number of aromatic nitrogens is 2. The number of hydrogen-bond donors (Lipinski definition) is 1. The Morgan fingerprint density at radius 3 is 2.60 bits per heavy atom. The molecule has 0 unspecified atom stereocenters. The van der Waals surface area contributed by atoms with Crippen molar-refractivity contribution in [3.8, 4) is 6.07 Å². The van der Waals surface area contributed by atoms with Gasteiger partial charge in [0, 0.05) is 5.56 Å². The van der Waals surface area contributed by atoms with Crippen LogP contribution in [0.4, 0.5) is 5.82 Å². The lowest BCUT2D eigenvalue weighted by molar-refractivity contribution is 0.102. The van der Waals surface area contributed by atoms with Gasteiger partial charge in [0.05, 0.1) is 11.8 Å². The summed E-state index contributed by atoms with van der Waals surface area (Å²) in [4.78, 5) is 12.0. The zero-order chi connectivity index (χ0) is 14.4. The van der Waals surface area contributed by atoms with Crippen LogP contribution in [0.5, 0.6) is 0 Å². The normalized spacial score (nSPS) is 9.80. The van der Waals surface area contributed by atoms with E-state index < -0.39 is 0 Å². The zero-order valence-electron chi connectivity index (χ0n) is 10.8. The summed E-state index contributed by atoms with van der Waals surface area (Å²) in [7, 11) is 0. The highest BCUT2D eigenvalue weighted by atomic mass is 32.2. The van der Waals surface area contributed by atoms with Gasteiger partial charge in [-0.2, -0.15) is 5.26 Å². The molecule has 6 heteroatoms. The van der Waals surface area contributed by atoms with E-state index in [-0.39, 0.29) is 5.91 Å². The van der Waals surface area contributed by atoms with Gasteiger partial charge in [0.25, 0.3) is 5.91 Å². The minimum atomic E-state index is -0.225. The standard InChI is InChI=1S/C14H12N4OS/c1-10-2-4-11(5-3-10)14(19)16-12-6-7-13(18-17-12)20-9-8-15/h2-7H,9H2,1H3,(H,16,17,19). The average molecular weight is 284 g/mol. The van der Waals surface area contributed by atoms with Crippen LogP contribution in [-0.2, 0) is 0 Å². The Bertz CT molecular complexity index is 632. The van der Waals surface area contributed by atoms with E-state index in [0.717, 1.165) is 5.56 Å². The van der Waals surface area contributed by atoms with E-state index in [0.29, 0.717) is 22.2 Å². The molecule has 0 bridgehead atoms. The van der Waals surface area contributed by atoms with Crippen LogP contribution in [0.3, 0.4) is 0 Å². The van der Waals surface area contributed by atoms with Crippen LogP contribution in [-0.4, -0.2) is 21.9 Å². The van der Waals surface area contributed by atoms with Gasteiger partial charge in [-0.25, -0.2) is 0 Å². The second-order valence-electron chi connectivity index (χ2n) is 4.02. The summed E-state index contributed by atoms with van der Waals surface area (Å²) in [6, 6.07) is 12.7. The van der Waals surface area contributed by atoms with Gasteiger partial charge in [0.15, 0.2) is 5.82 Å². The highest BCUT2D eigenvalue weighted by Crippen LogP contribution is 2.15. The summed E-state index contributed by atoms with van der Waals surface area (Å²) in [6.45, 7) is 1.96. The smallest absolute Gasteiger partial charge is 0.256 e. The van der Waals surface area contributed by atoms with Crippen LogP contribution >= 0.6 is 11.8 Å². The summed E-state index contributed by atoms with van der Waals surface area (Å²) in [6.07, 6.45) is 0. The second-order valence-corrected chi connectivity index (χ2v) is 5.02. The Labute approximate surface area is 121 Å². The summed E-state index contributed by atoms with van der Waals surface area (Å²) in [5.74, 6) is 0.484. The van der Waals surface area contributed by atoms with Crippen molar-refractivity contribution in [2.45, 2.75) is 11.9 Å². The van der Waals surface area contributed by atoms with Crippen molar-refractivity contribution in [1.82, 2.24) is 10.2 Å². The third kappa shape index (κ3) is 3.80. The van der Waals surface area contributed by atoms with Crippen LogP contribution in [0.1, 0.15) is 15.9 Å². The van der Waals surface area contributed by atoms with Crippen LogP contribution in [0.25, 0.3) is 0 Å². The number of amides is 1. The Kier molecular flexibility index (Phi) is 4.69. The van der Waals surface area contributed by atoms with Crippen molar-refractivity contribution >= 4 is 23.5 Å². The fourth-order valence-electron chi connectivity index (χ4n) is 1.46. The minimum Gasteiger partial charge on any atom is -0.305 e. The third-order valence-electron chi connectivity index (χ3n) is 2.48. The van der Waals surface area contributed by atoms with Crippen molar-refractivity contribution in [3.05, 3.63) is 47.5 Å². The van der Waals surface area contributed by atoms with Gasteiger partial charge in [-0.3, -0.25) is 4.79 Å². The first-order valence-corrected chi connectivity index (χ1v) is 6.89. The van der Waals surface area contributed by atoms with Gasteiger partial charge >= 0.3 is 0 Å². The fourth-order valence-corrected chi connectivity index (χ4v) is 1.94. The molecule has 100 valence electrons. The molecule has 0 saturated carbocycles. The molecule has 0 aliphatic rings. The van der Waals surface area contributed by atoms with Gasteiger partial charge in [0.1, 0.15) is 5.03 Å². The largest absolute Gasteiger partial charge is 0.305 e. The Hall–Kier alpha value is -2.39. The van der Waals surface area contributed by atoms with Crippen LogP contribution in [0.2, 0.25) is 0 Å². The molecule has 2 rings (SSSR count). The van der Waals surface area contributed by atoms with Crippen molar-refractivity contribution in [3.63, 3.8) is 0 Å². The van der Waals surface area contributed by atoms with Gasteiger partial charge in [0.2, 0.25) is 0 Å². The molecule has 20 heavy (non-hydrogen) atoms. The van der Waals surface area contributed by atoms with E-state index in [1.807, 2.05) is 25.1 Å². The number of nitriles is 1. The number of hydrogen-bond acceptors (Lipinski definition) is 5. The number of aryl methyl sites for hydroxylation is 1. The second kappa shape index (κ2) is 6.68. The molecule has 1 amide bonds. The Morgan fingerprint density at radius 2 is 2.00 bits per heavy atom. The topological polar surface area (TPSA) is 78.7 Å². The molecule has 0 saturated heterocycles. The summed E-state index contributed by atoms with van der Waals surface area (Å²) in [5.41, 5.74) is 1.67. The quantitative estimate of drug-likeness (QED) is 0.873. The number of nitrogens with one attached hydrogen (secondary N) is 1. The van der Waals surface area contributed by atoms with Gasteiger partial charge in [-0.1, -0.05) is 29.5 Å². The fraction of sp³-hybridized carbons (Fsp3) is 0.143. The molecule has 0 aliphatic carbocycles. The molecule has 0 atom stereocenters. The van der Waals surface area contributed by atoms with E-state index in [1.165, 1.54) is 11.8 Å². The minimum absolute atomic E-state index is 0.225. The van der Waals surface area contributed by atoms with Crippen molar-refractivity contribution in [2.75, 3.05) is 11.1 Å². The molecule has 1 aromatic heterocycles. The highest BCUT2D eigenvalue weighted by Gasteiger charge is 2.07. The average Bonchev–Trinajstić information content (AvgIpc) is 2.47. The number of anilines is 1. The van der Waals surface area contributed by atoms with Crippen molar-refractivity contribution < 1.29 is 4.79 Å². The molecule has 0 fully saturated rings. The summed E-state index contributed by atoms with van der Waals surface area (Å²) in [5, 5.41) is 19.6. The maximum absolute atomic E-state index is 12.0. The summed E-state index contributed by atoms with van der Waals surface area (Å²) >= 11 is 1.30. The lowest BCUT2D eigenvalue weighted by Crippen LogP contribution is -2.13. The predicted molar refractivity (Wildman–Crippen MR) is 77.5 cm³/mol. The molecule has 5 nitrogen and oxygen atoms in total. The number of carbonyl (C=O) groups excluding carboxylic acids is 1. The monoisotopic (exact) mass is 284 g/mol. The third-order valence-corrected chi connectivity index (χ3v) is 3.27. The SMILES string of the molecule is Cc1ccc(C(=O)Nc2ccc(SCC#N)nn2)cc1. The van der Waals surface area contributed by atoms with E-state index in [4.69, 9.17) is 5.26 Å². The molecule has 1 aromatic carbocycles. The lowest BCUT2D eigenvalue weighted by Gasteiger charge is -2.04. The first-order valence-electron chi connectivity index (χ1n) is 5.90. The molecular formula is C14H12N4OS. The molecule has 1 heterocycles. The van der Waals surface area contributed by atoms with Gasteiger partial charge in [-0.15, -0.1) is 10.2 Å². The highest BCUT2D eigenvalue weighted by molar-refractivity contribution is 7.99. The number of carbonyl (C=O) groups is 1. The lowest BCUT2D eigenvalue weighted by atomic mass is 10.1. The van der Waals surface area contributed by atoms with Gasteiger partial charge in [-0.05, 0) is 31.2 Å². The molecule has 0 radical (unpaired) electrons. The number of benzene rings is 1. The van der Waals surface area contributed by atoms with Crippen molar-refractivity contribution in [1.29, 1.82) is 5.26 Å². The number of rotatable bonds is 4. The molecule has 2 aromatic rings. The zero-order valence-corrected chi connectivity index (χ0v) is 11.6. The van der Waals surface area contributed by atoms with Crippen LogP contribution in [0.15, 0.2) is 41.4 Å². The van der Waals surface area contributed by atoms with Crippen LogP contribution < -0.4 is 5.32 Å². The van der Waals surface area contributed by atoms with Crippen molar-refractivity contribution in [2.24, 2.45) is 0 Å². The van der Waals surface area contributed by atoms with E-state index in [9.17, 15) is 4.79 Å². The Morgan fingerprint density at radius 1 is 1.25 bits per heavy atom. The van der Waals surface area contributed by atoms with E-state index in [1.54, 1.807) is 24.3 Å². The maximum Gasteiger partial charge on any atom is 0.256 e. The maximum atomic E-state index is 12.0. The molecular weight excluding hydrogens is 272 g/mol. The first kappa shape index (κ1) is 14.0. The molecule has 0 spiro atoms. The Balaban J connectivity index is 2.01. The molecule has 1 N–H and O–H groups in total. The van der Waals surface area contributed by atoms with E-state index in [2.05, 4.69) is 15.5 Å². The number of thioether (sulfide) groups is 1. The van der Waals surface area contributed by atoms with Crippen LogP contribution in [0, 0.1) is 18.3 Å². The molecule has 0 aliphatic heterocycles.